The standard InChI is InChI=1S/C22H26O11/c1-11(23)29-10-17-19(30-12(2)24)21(32-14(4)26)20(31-13(3)25)18(33-17)15-7-6-8-16(9-15)22(27)28-5/h6-9,17-21H,10H2,1-5H3/t17-,18+,19-,20+,21+/m1/s1. The van der Waals surface area contributed by atoms with Crippen molar-refractivity contribution in [2.75, 3.05) is 13.7 Å². The van der Waals surface area contributed by atoms with Gasteiger partial charge in [0.15, 0.2) is 18.3 Å². The molecule has 0 unspecified atom stereocenters. The van der Waals surface area contributed by atoms with Crippen LogP contribution in [0.4, 0.5) is 0 Å². The van der Waals surface area contributed by atoms with Gasteiger partial charge in [0.25, 0.3) is 0 Å². The molecule has 0 aliphatic carbocycles. The molecule has 1 fully saturated rings. The van der Waals surface area contributed by atoms with Gasteiger partial charge in [-0.2, -0.15) is 0 Å². The summed E-state index contributed by atoms with van der Waals surface area (Å²) in [4.78, 5) is 59.0. The highest BCUT2D eigenvalue weighted by Gasteiger charge is 2.52. The van der Waals surface area contributed by atoms with Crippen molar-refractivity contribution in [2.24, 2.45) is 0 Å². The van der Waals surface area contributed by atoms with Crippen LogP contribution in [0.2, 0.25) is 0 Å². The highest BCUT2D eigenvalue weighted by Crippen LogP contribution is 2.38. The van der Waals surface area contributed by atoms with Crippen LogP contribution >= 0.6 is 0 Å². The van der Waals surface area contributed by atoms with Crippen molar-refractivity contribution < 1.29 is 52.4 Å². The number of methoxy groups -OCH3 is 1. The first-order chi connectivity index (χ1) is 15.5. The third-order valence-electron chi connectivity index (χ3n) is 4.63. The number of ether oxygens (including phenoxy) is 6. The maximum Gasteiger partial charge on any atom is 0.337 e. The van der Waals surface area contributed by atoms with E-state index in [9.17, 15) is 24.0 Å². The molecule has 11 nitrogen and oxygen atoms in total. The van der Waals surface area contributed by atoms with Gasteiger partial charge in [0.1, 0.15) is 18.8 Å². The zero-order valence-electron chi connectivity index (χ0n) is 18.9. The fraction of sp³-hybridized carbons (Fsp3) is 0.500. The largest absolute Gasteiger partial charge is 0.465 e. The molecule has 0 spiro atoms. The number of hydrogen-bond donors (Lipinski definition) is 0. The third-order valence-corrected chi connectivity index (χ3v) is 4.63. The van der Waals surface area contributed by atoms with Crippen molar-refractivity contribution in [2.45, 2.75) is 58.2 Å². The van der Waals surface area contributed by atoms with Crippen molar-refractivity contribution in [3.05, 3.63) is 35.4 Å². The van der Waals surface area contributed by atoms with Crippen molar-refractivity contribution in [3.63, 3.8) is 0 Å². The van der Waals surface area contributed by atoms with Crippen molar-refractivity contribution in [1.29, 1.82) is 0 Å². The van der Waals surface area contributed by atoms with Gasteiger partial charge < -0.3 is 28.4 Å². The normalized spacial score (nSPS) is 24.2. The quantitative estimate of drug-likeness (QED) is 0.424. The molecule has 0 bridgehead atoms. The second kappa shape index (κ2) is 11.4. The summed E-state index contributed by atoms with van der Waals surface area (Å²) in [6.45, 7) is 4.27. The molecule has 0 N–H and O–H groups in total. The predicted molar refractivity (Wildman–Crippen MR) is 109 cm³/mol. The summed E-state index contributed by atoms with van der Waals surface area (Å²) in [6, 6.07) is 6.15. The zero-order valence-corrected chi connectivity index (χ0v) is 18.9. The summed E-state index contributed by atoms with van der Waals surface area (Å²) in [7, 11) is 1.23. The average Bonchev–Trinajstić information content (AvgIpc) is 2.73. The topological polar surface area (TPSA) is 141 Å². The Labute approximate surface area is 190 Å². The van der Waals surface area contributed by atoms with Crippen LogP contribution in [-0.2, 0) is 47.6 Å². The predicted octanol–water partition coefficient (Wildman–Crippen LogP) is 1.27. The van der Waals surface area contributed by atoms with Crippen LogP contribution < -0.4 is 0 Å². The lowest BCUT2D eigenvalue weighted by molar-refractivity contribution is -0.254. The van der Waals surface area contributed by atoms with Crippen LogP contribution in [0.25, 0.3) is 0 Å². The molecule has 0 radical (unpaired) electrons. The summed E-state index contributed by atoms with van der Waals surface area (Å²) < 4.78 is 32.0. The Morgan fingerprint density at radius 2 is 1.39 bits per heavy atom. The highest BCUT2D eigenvalue weighted by atomic mass is 16.7. The summed E-state index contributed by atoms with van der Waals surface area (Å²) in [5, 5.41) is 0. The van der Waals surface area contributed by atoms with Gasteiger partial charge in [0, 0.05) is 27.7 Å². The van der Waals surface area contributed by atoms with E-state index < -0.39 is 60.4 Å². The second-order valence-corrected chi connectivity index (χ2v) is 7.24. The molecule has 180 valence electrons. The summed E-state index contributed by atoms with van der Waals surface area (Å²) >= 11 is 0. The van der Waals surface area contributed by atoms with Crippen LogP contribution in [0, 0.1) is 0 Å². The molecule has 1 saturated heterocycles. The Balaban J connectivity index is 2.58. The number of carbonyl (C=O) groups is 5. The number of benzene rings is 1. The minimum Gasteiger partial charge on any atom is -0.465 e. The molecule has 5 atom stereocenters. The molecule has 1 heterocycles. The Kier molecular flexibility index (Phi) is 8.92. The average molecular weight is 466 g/mol. The minimum absolute atomic E-state index is 0.197. The molecular weight excluding hydrogens is 440 g/mol. The van der Waals surface area contributed by atoms with Gasteiger partial charge >= 0.3 is 29.8 Å². The van der Waals surface area contributed by atoms with E-state index in [2.05, 4.69) is 0 Å². The van der Waals surface area contributed by atoms with E-state index in [1.807, 2.05) is 0 Å². The Morgan fingerprint density at radius 1 is 0.818 bits per heavy atom. The molecule has 1 aromatic carbocycles. The van der Waals surface area contributed by atoms with Crippen LogP contribution in [-0.4, -0.2) is 68.0 Å². The fourth-order valence-electron chi connectivity index (χ4n) is 3.46. The lowest BCUT2D eigenvalue weighted by Crippen LogP contribution is -2.59. The molecule has 0 aromatic heterocycles. The lowest BCUT2D eigenvalue weighted by atomic mass is 9.90. The Morgan fingerprint density at radius 3 is 1.94 bits per heavy atom. The molecule has 0 amide bonds. The molecule has 2 rings (SSSR count). The van der Waals surface area contributed by atoms with Crippen LogP contribution in [0.1, 0.15) is 49.7 Å². The first-order valence-electron chi connectivity index (χ1n) is 10.0. The molecule has 1 aromatic rings. The van der Waals surface area contributed by atoms with Crippen LogP contribution in [0.5, 0.6) is 0 Å². The zero-order chi connectivity index (χ0) is 24.7. The van der Waals surface area contributed by atoms with Crippen molar-refractivity contribution >= 4 is 29.8 Å². The van der Waals surface area contributed by atoms with Gasteiger partial charge in [-0.25, -0.2) is 4.79 Å². The maximum atomic E-state index is 12.0. The maximum absolute atomic E-state index is 12.0. The van der Waals surface area contributed by atoms with E-state index >= 15 is 0 Å². The van der Waals surface area contributed by atoms with Gasteiger partial charge in [0.05, 0.1) is 12.7 Å². The van der Waals surface area contributed by atoms with E-state index in [1.165, 1.54) is 26.2 Å². The van der Waals surface area contributed by atoms with E-state index in [4.69, 9.17) is 28.4 Å². The van der Waals surface area contributed by atoms with Crippen LogP contribution in [0.15, 0.2) is 24.3 Å². The molecule has 1 aliphatic heterocycles. The molecular formula is C22H26O11. The van der Waals surface area contributed by atoms with Crippen molar-refractivity contribution in [1.82, 2.24) is 0 Å². The summed E-state index contributed by atoms with van der Waals surface area (Å²) in [5.74, 6) is -3.39. The van der Waals surface area contributed by atoms with Gasteiger partial charge in [-0.1, -0.05) is 12.1 Å². The monoisotopic (exact) mass is 466 g/mol. The Bertz CT molecular complexity index is 909. The number of rotatable bonds is 7. The molecule has 0 saturated carbocycles. The molecule has 11 heteroatoms. The minimum atomic E-state index is -1.30. The van der Waals surface area contributed by atoms with E-state index in [-0.39, 0.29) is 12.2 Å². The number of esters is 5. The van der Waals surface area contributed by atoms with E-state index in [0.717, 1.165) is 20.8 Å². The van der Waals surface area contributed by atoms with Gasteiger partial charge in [0.2, 0.25) is 0 Å². The lowest BCUT2D eigenvalue weighted by Gasteiger charge is -2.44. The number of hydrogen-bond acceptors (Lipinski definition) is 11. The first kappa shape index (κ1) is 25.8. The van der Waals surface area contributed by atoms with Gasteiger partial charge in [-0.15, -0.1) is 0 Å². The van der Waals surface area contributed by atoms with Crippen LogP contribution in [0.3, 0.4) is 0 Å². The Hall–Kier alpha value is -3.47. The second-order valence-electron chi connectivity index (χ2n) is 7.24. The third kappa shape index (κ3) is 7.01. The fourth-order valence-corrected chi connectivity index (χ4v) is 3.46. The van der Waals surface area contributed by atoms with Crippen molar-refractivity contribution in [3.8, 4) is 0 Å². The highest BCUT2D eigenvalue weighted by molar-refractivity contribution is 5.89. The van der Waals surface area contributed by atoms with Gasteiger partial charge in [-0.05, 0) is 17.7 Å². The summed E-state index contributed by atoms with van der Waals surface area (Å²) in [5.41, 5.74) is 0.582. The first-order valence-corrected chi connectivity index (χ1v) is 10.0. The molecule has 1 aliphatic rings. The SMILES string of the molecule is COC(=O)c1cccc([C@@H]2O[C@H](COC(C)=O)[C@@H](OC(C)=O)[C@H](OC(C)=O)[C@H]2OC(C)=O)c1. The number of carbonyl (C=O) groups excluding carboxylic acids is 5. The van der Waals surface area contributed by atoms with Gasteiger partial charge in [-0.3, -0.25) is 19.2 Å². The van der Waals surface area contributed by atoms with E-state index in [1.54, 1.807) is 12.1 Å². The summed E-state index contributed by atoms with van der Waals surface area (Å²) in [6.07, 6.45) is -5.96. The smallest absolute Gasteiger partial charge is 0.337 e. The molecule has 33 heavy (non-hydrogen) atoms. The van der Waals surface area contributed by atoms with E-state index in [0.29, 0.717) is 5.56 Å².